The van der Waals surface area contributed by atoms with Gasteiger partial charge < -0.3 is 10.5 Å². The van der Waals surface area contributed by atoms with Gasteiger partial charge in [0.2, 0.25) is 5.88 Å². The lowest BCUT2D eigenvalue weighted by atomic mass is 10.1. The van der Waals surface area contributed by atoms with Crippen molar-refractivity contribution in [2.45, 2.75) is 39.7 Å². The molecule has 2 unspecified atom stereocenters. The monoisotopic (exact) mass is 222 g/mol. The van der Waals surface area contributed by atoms with Crippen molar-refractivity contribution in [1.29, 1.82) is 0 Å². The molecule has 1 aromatic rings. The molecule has 0 amide bonds. The second kappa shape index (κ2) is 6.48. The van der Waals surface area contributed by atoms with Crippen LogP contribution in [0.2, 0.25) is 0 Å². The first kappa shape index (κ1) is 13.0. The Morgan fingerprint density at radius 1 is 1.44 bits per heavy atom. The highest BCUT2D eigenvalue weighted by Crippen LogP contribution is 2.21. The van der Waals surface area contributed by atoms with Crippen molar-refractivity contribution in [1.82, 2.24) is 4.98 Å². The normalized spacial score (nSPS) is 14.5. The average molecular weight is 222 g/mol. The van der Waals surface area contributed by atoms with Crippen LogP contribution in [-0.4, -0.2) is 11.6 Å². The summed E-state index contributed by atoms with van der Waals surface area (Å²) in [5, 5.41) is 0. The summed E-state index contributed by atoms with van der Waals surface area (Å²) in [6.07, 6.45) is 4.11. The summed E-state index contributed by atoms with van der Waals surface area (Å²) in [5.41, 5.74) is 6.84. The van der Waals surface area contributed by atoms with Crippen LogP contribution in [-0.2, 0) is 0 Å². The van der Waals surface area contributed by atoms with E-state index in [9.17, 15) is 0 Å². The third-order valence-electron chi connectivity index (χ3n) is 2.58. The predicted molar refractivity (Wildman–Crippen MR) is 66.4 cm³/mol. The van der Waals surface area contributed by atoms with Gasteiger partial charge in [-0.15, -0.1) is 0 Å². The third kappa shape index (κ3) is 3.81. The Bertz CT molecular complexity index is 313. The molecular formula is C13H22N2O. The molecule has 3 heteroatoms. The van der Waals surface area contributed by atoms with E-state index in [0.29, 0.717) is 18.4 Å². The molecule has 0 saturated carbocycles. The number of hydrogen-bond acceptors (Lipinski definition) is 3. The van der Waals surface area contributed by atoms with Crippen LogP contribution in [0.1, 0.15) is 45.2 Å². The molecule has 0 aliphatic rings. The molecule has 1 heterocycles. The molecule has 90 valence electrons. The zero-order valence-corrected chi connectivity index (χ0v) is 10.4. The largest absolute Gasteiger partial charge is 0.477 e. The quantitative estimate of drug-likeness (QED) is 0.805. The van der Waals surface area contributed by atoms with E-state index >= 15 is 0 Å². The maximum absolute atomic E-state index is 5.86. The first-order valence-electron chi connectivity index (χ1n) is 5.98. The fraction of sp³-hybridized carbons (Fsp3) is 0.615. The Labute approximate surface area is 98.0 Å². The average Bonchev–Trinajstić information content (AvgIpc) is 2.27. The van der Waals surface area contributed by atoms with Gasteiger partial charge in [0.05, 0.1) is 6.61 Å². The Hall–Kier alpha value is -1.09. The van der Waals surface area contributed by atoms with E-state index in [4.69, 9.17) is 10.5 Å². The second-order valence-corrected chi connectivity index (χ2v) is 4.39. The van der Waals surface area contributed by atoms with Crippen molar-refractivity contribution in [3.63, 3.8) is 0 Å². The van der Waals surface area contributed by atoms with Crippen molar-refractivity contribution in [3.05, 3.63) is 23.9 Å². The van der Waals surface area contributed by atoms with Gasteiger partial charge in [-0.3, -0.25) is 0 Å². The van der Waals surface area contributed by atoms with E-state index in [1.807, 2.05) is 19.1 Å². The SMILES string of the molecule is CCCC(C)COc1ncccc1C(C)N. The zero-order valence-electron chi connectivity index (χ0n) is 10.4. The van der Waals surface area contributed by atoms with Gasteiger partial charge in [0.15, 0.2) is 0 Å². The maximum Gasteiger partial charge on any atom is 0.218 e. The smallest absolute Gasteiger partial charge is 0.218 e. The standard InChI is InChI=1S/C13H22N2O/c1-4-6-10(2)9-16-13-12(11(3)14)7-5-8-15-13/h5,7-8,10-11H,4,6,9,14H2,1-3H3. The summed E-state index contributed by atoms with van der Waals surface area (Å²) in [6, 6.07) is 3.82. The van der Waals surface area contributed by atoms with E-state index in [0.717, 1.165) is 5.56 Å². The minimum Gasteiger partial charge on any atom is -0.477 e. The van der Waals surface area contributed by atoms with Gasteiger partial charge in [-0.25, -0.2) is 4.98 Å². The third-order valence-corrected chi connectivity index (χ3v) is 2.58. The Balaban J connectivity index is 2.59. The minimum absolute atomic E-state index is 0.0369. The molecule has 2 N–H and O–H groups in total. The Morgan fingerprint density at radius 2 is 2.19 bits per heavy atom. The van der Waals surface area contributed by atoms with E-state index in [-0.39, 0.29) is 6.04 Å². The lowest BCUT2D eigenvalue weighted by molar-refractivity contribution is 0.240. The highest BCUT2D eigenvalue weighted by atomic mass is 16.5. The topological polar surface area (TPSA) is 48.1 Å². The number of nitrogens with two attached hydrogens (primary N) is 1. The molecule has 2 atom stereocenters. The fourth-order valence-corrected chi connectivity index (χ4v) is 1.67. The van der Waals surface area contributed by atoms with Crippen molar-refractivity contribution in [2.75, 3.05) is 6.61 Å². The van der Waals surface area contributed by atoms with Crippen LogP contribution >= 0.6 is 0 Å². The summed E-state index contributed by atoms with van der Waals surface area (Å²) in [6.45, 7) is 7.03. The van der Waals surface area contributed by atoms with Crippen LogP contribution in [0, 0.1) is 5.92 Å². The van der Waals surface area contributed by atoms with Gasteiger partial charge in [-0.2, -0.15) is 0 Å². The lowest BCUT2D eigenvalue weighted by Crippen LogP contribution is -2.13. The summed E-state index contributed by atoms with van der Waals surface area (Å²) < 4.78 is 5.72. The molecule has 0 aromatic carbocycles. The number of nitrogens with zero attached hydrogens (tertiary/aromatic N) is 1. The molecule has 0 radical (unpaired) electrons. The molecule has 0 fully saturated rings. The van der Waals surface area contributed by atoms with Gasteiger partial charge in [-0.05, 0) is 25.3 Å². The molecular weight excluding hydrogens is 200 g/mol. The number of hydrogen-bond donors (Lipinski definition) is 1. The summed E-state index contributed by atoms with van der Waals surface area (Å²) in [4.78, 5) is 4.23. The summed E-state index contributed by atoms with van der Waals surface area (Å²) >= 11 is 0. The van der Waals surface area contributed by atoms with Crippen LogP contribution in [0.25, 0.3) is 0 Å². The number of rotatable bonds is 6. The van der Waals surface area contributed by atoms with Crippen LogP contribution in [0.4, 0.5) is 0 Å². The number of pyridine rings is 1. The van der Waals surface area contributed by atoms with Crippen LogP contribution in [0.3, 0.4) is 0 Å². The molecule has 16 heavy (non-hydrogen) atoms. The molecule has 0 aliphatic heterocycles. The first-order chi connectivity index (χ1) is 7.65. The van der Waals surface area contributed by atoms with Crippen molar-refractivity contribution < 1.29 is 4.74 Å². The van der Waals surface area contributed by atoms with Gasteiger partial charge in [0, 0.05) is 17.8 Å². The molecule has 0 aliphatic carbocycles. The van der Waals surface area contributed by atoms with Crippen LogP contribution < -0.4 is 10.5 Å². The van der Waals surface area contributed by atoms with Crippen LogP contribution in [0.15, 0.2) is 18.3 Å². The van der Waals surface area contributed by atoms with E-state index in [1.54, 1.807) is 6.20 Å². The molecule has 0 saturated heterocycles. The van der Waals surface area contributed by atoms with Crippen molar-refractivity contribution >= 4 is 0 Å². The van der Waals surface area contributed by atoms with Crippen molar-refractivity contribution in [2.24, 2.45) is 11.7 Å². The second-order valence-electron chi connectivity index (χ2n) is 4.39. The van der Waals surface area contributed by atoms with Crippen LogP contribution in [0.5, 0.6) is 5.88 Å². The van der Waals surface area contributed by atoms with Gasteiger partial charge in [-0.1, -0.05) is 26.3 Å². The maximum atomic E-state index is 5.86. The number of aromatic nitrogens is 1. The zero-order chi connectivity index (χ0) is 12.0. The molecule has 3 nitrogen and oxygen atoms in total. The van der Waals surface area contributed by atoms with Crippen molar-refractivity contribution in [3.8, 4) is 5.88 Å². The predicted octanol–water partition coefficient (Wildman–Crippen LogP) is 2.92. The minimum atomic E-state index is -0.0369. The lowest BCUT2D eigenvalue weighted by Gasteiger charge is -2.15. The van der Waals surface area contributed by atoms with E-state index in [2.05, 4.69) is 18.8 Å². The first-order valence-corrected chi connectivity index (χ1v) is 5.98. The Morgan fingerprint density at radius 3 is 2.81 bits per heavy atom. The Kier molecular flexibility index (Phi) is 5.26. The molecule has 0 bridgehead atoms. The highest BCUT2D eigenvalue weighted by Gasteiger charge is 2.10. The molecule has 0 spiro atoms. The molecule has 1 aromatic heterocycles. The number of ether oxygens (including phenoxy) is 1. The summed E-state index contributed by atoms with van der Waals surface area (Å²) in [7, 11) is 0. The van der Waals surface area contributed by atoms with Gasteiger partial charge >= 0.3 is 0 Å². The highest BCUT2D eigenvalue weighted by molar-refractivity contribution is 5.28. The van der Waals surface area contributed by atoms with Gasteiger partial charge in [0.25, 0.3) is 0 Å². The van der Waals surface area contributed by atoms with E-state index in [1.165, 1.54) is 12.8 Å². The van der Waals surface area contributed by atoms with E-state index < -0.39 is 0 Å². The summed E-state index contributed by atoms with van der Waals surface area (Å²) in [5.74, 6) is 1.24. The fourth-order valence-electron chi connectivity index (χ4n) is 1.67. The van der Waals surface area contributed by atoms with Gasteiger partial charge in [0.1, 0.15) is 0 Å². The molecule has 1 rings (SSSR count).